The number of ether oxygens (including phenoxy) is 2. The van der Waals surface area contributed by atoms with E-state index in [9.17, 15) is 14.4 Å². The SMILES string of the molecule is COCCN(Cc1ccc(-c2cc3nccc(Oc4ccc(NC(=O)Nc5cccc(C(C)=O)c5)cc4F)c3s2)nc1)C(C)=O. The first kappa shape index (κ1) is 31.2. The minimum Gasteiger partial charge on any atom is -0.453 e. The second-order valence-corrected chi connectivity index (χ2v) is 11.1. The fourth-order valence-corrected chi connectivity index (χ4v) is 5.49. The van der Waals surface area contributed by atoms with Crippen LogP contribution in [0.2, 0.25) is 0 Å². The van der Waals surface area contributed by atoms with Crippen LogP contribution in [0.1, 0.15) is 29.8 Å². The molecule has 0 aliphatic heterocycles. The van der Waals surface area contributed by atoms with Crippen LogP contribution in [0, 0.1) is 5.82 Å². The summed E-state index contributed by atoms with van der Waals surface area (Å²) in [5.74, 6) is -0.439. The van der Waals surface area contributed by atoms with Crippen LogP contribution in [0.25, 0.3) is 20.8 Å². The van der Waals surface area contributed by atoms with Crippen molar-refractivity contribution in [2.45, 2.75) is 20.4 Å². The van der Waals surface area contributed by atoms with Crippen LogP contribution in [0.5, 0.6) is 11.5 Å². The number of urea groups is 1. The molecule has 2 N–H and O–H groups in total. The number of carbonyl (C=O) groups excluding carboxylic acids is 3. The van der Waals surface area contributed by atoms with Gasteiger partial charge in [-0.2, -0.15) is 0 Å². The Bertz CT molecular complexity index is 1860. The molecule has 3 heterocycles. The summed E-state index contributed by atoms with van der Waals surface area (Å²) in [5.41, 5.74) is 3.40. The number of halogens is 1. The Labute approximate surface area is 262 Å². The third kappa shape index (κ3) is 7.85. The van der Waals surface area contributed by atoms with E-state index in [0.29, 0.717) is 42.2 Å². The van der Waals surface area contributed by atoms with Crippen molar-refractivity contribution < 1.29 is 28.2 Å². The molecule has 230 valence electrons. The molecule has 3 aromatic heterocycles. The molecule has 0 atom stereocenters. The van der Waals surface area contributed by atoms with Crippen LogP contribution >= 0.6 is 11.3 Å². The highest BCUT2D eigenvalue weighted by Crippen LogP contribution is 2.39. The largest absolute Gasteiger partial charge is 0.453 e. The number of anilines is 2. The number of amides is 3. The zero-order chi connectivity index (χ0) is 31.9. The monoisotopic (exact) mass is 627 g/mol. The number of hydrogen-bond donors (Lipinski definition) is 2. The lowest BCUT2D eigenvalue weighted by Gasteiger charge is -2.20. The summed E-state index contributed by atoms with van der Waals surface area (Å²) >= 11 is 1.41. The molecule has 45 heavy (non-hydrogen) atoms. The molecule has 0 spiro atoms. The number of aromatic nitrogens is 2. The van der Waals surface area contributed by atoms with E-state index in [1.807, 2.05) is 18.2 Å². The van der Waals surface area contributed by atoms with Gasteiger partial charge in [-0.3, -0.25) is 19.6 Å². The fraction of sp³-hybridized carbons (Fsp3) is 0.182. The molecule has 0 aliphatic carbocycles. The zero-order valence-electron chi connectivity index (χ0n) is 24.8. The molecule has 10 nitrogen and oxygen atoms in total. The Morgan fingerprint density at radius 1 is 0.933 bits per heavy atom. The van der Waals surface area contributed by atoms with E-state index in [1.54, 1.807) is 54.7 Å². The van der Waals surface area contributed by atoms with E-state index in [-0.39, 0.29) is 23.1 Å². The van der Waals surface area contributed by atoms with Gasteiger partial charge in [0.15, 0.2) is 17.3 Å². The van der Waals surface area contributed by atoms with Crippen LogP contribution in [0.3, 0.4) is 0 Å². The van der Waals surface area contributed by atoms with Crippen LogP contribution in [0.4, 0.5) is 20.6 Å². The van der Waals surface area contributed by atoms with Gasteiger partial charge in [0.2, 0.25) is 5.91 Å². The fourth-order valence-electron chi connectivity index (χ4n) is 4.44. The summed E-state index contributed by atoms with van der Waals surface area (Å²) in [6.07, 6.45) is 3.32. The van der Waals surface area contributed by atoms with E-state index < -0.39 is 11.8 Å². The molecule has 0 fully saturated rings. The van der Waals surface area contributed by atoms with E-state index >= 15 is 4.39 Å². The quantitative estimate of drug-likeness (QED) is 0.149. The van der Waals surface area contributed by atoms with Crippen molar-refractivity contribution in [2.75, 3.05) is 30.9 Å². The lowest BCUT2D eigenvalue weighted by molar-refractivity contribution is -0.130. The van der Waals surface area contributed by atoms with Gasteiger partial charge in [0.1, 0.15) is 5.75 Å². The van der Waals surface area contributed by atoms with Crippen molar-refractivity contribution in [2.24, 2.45) is 0 Å². The van der Waals surface area contributed by atoms with Crippen molar-refractivity contribution in [3.63, 3.8) is 0 Å². The molecule has 0 unspecified atom stereocenters. The summed E-state index contributed by atoms with van der Waals surface area (Å²) in [7, 11) is 1.60. The predicted molar refractivity (Wildman–Crippen MR) is 171 cm³/mol. The van der Waals surface area contributed by atoms with E-state index in [4.69, 9.17) is 9.47 Å². The Morgan fingerprint density at radius 3 is 2.42 bits per heavy atom. The lowest BCUT2D eigenvalue weighted by atomic mass is 10.1. The summed E-state index contributed by atoms with van der Waals surface area (Å²) in [5, 5.41) is 5.21. The van der Waals surface area contributed by atoms with Gasteiger partial charge in [-0.25, -0.2) is 9.18 Å². The van der Waals surface area contributed by atoms with Gasteiger partial charge in [-0.05, 0) is 48.9 Å². The average molecular weight is 628 g/mol. The van der Waals surface area contributed by atoms with Crippen LogP contribution in [-0.2, 0) is 16.1 Å². The van der Waals surface area contributed by atoms with Crippen molar-refractivity contribution >= 4 is 50.6 Å². The Morgan fingerprint density at radius 2 is 1.73 bits per heavy atom. The summed E-state index contributed by atoms with van der Waals surface area (Å²) in [6.45, 7) is 4.33. The number of rotatable bonds is 11. The van der Waals surface area contributed by atoms with E-state index in [0.717, 1.165) is 26.9 Å². The van der Waals surface area contributed by atoms with Crippen LogP contribution in [-0.4, -0.2) is 52.9 Å². The van der Waals surface area contributed by atoms with E-state index in [1.165, 1.54) is 37.3 Å². The highest BCUT2D eigenvalue weighted by Gasteiger charge is 2.15. The van der Waals surface area contributed by atoms with Crippen molar-refractivity contribution in [1.29, 1.82) is 0 Å². The number of methoxy groups -OCH3 is 1. The molecule has 2 aromatic carbocycles. The number of ketones is 1. The number of benzene rings is 2. The number of nitrogens with one attached hydrogen (secondary N) is 2. The van der Waals surface area contributed by atoms with Crippen LogP contribution < -0.4 is 15.4 Å². The molecule has 5 aromatic rings. The predicted octanol–water partition coefficient (Wildman–Crippen LogP) is 7.13. The van der Waals surface area contributed by atoms with Crippen molar-refractivity contribution in [3.05, 3.63) is 96.1 Å². The Kier molecular flexibility index (Phi) is 9.76. The summed E-state index contributed by atoms with van der Waals surface area (Å²) in [4.78, 5) is 47.6. The smallest absolute Gasteiger partial charge is 0.323 e. The molecule has 0 bridgehead atoms. The van der Waals surface area contributed by atoms with Gasteiger partial charge >= 0.3 is 6.03 Å². The number of pyridine rings is 2. The molecule has 3 amide bonds. The minimum atomic E-state index is -0.671. The minimum absolute atomic E-state index is 0.0245. The van der Waals surface area contributed by atoms with Crippen molar-refractivity contribution in [3.8, 4) is 22.1 Å². The molecular weight excluding hydrogens is 597 g/mol. The molecule has 12 heteroatoms. The molecule has 0 aliphatic rings. The molecule has 0 saturated heterocycles. The number of fused-ring (bicyclic) bond motifs is 1. The Balaban J connectivity index is 1.27. The van der Waals surface area contributed by atoms with Gasteiger partial charge in [0.05, 0.1) is 27.4 Å². The first-order valence-electron chi connectivity index (χ1n) is 13.9. The molecular formula is C33H30FN5O5S. The second kappa shape index (κ2) is 14.1. The van der Waals surface area contributed by atoms with Gasteiger partial charge in [-0.1, -0.05) is 18.2 Å². The van der Waals surface area contributed by atoms with Gasteiger partial charge < -0.3 is 25.0 Å². The maximum absolute atomic E-state index is 15.1. The number of thiophene rings is 1. The number of Topliss-reactive ketones (excluding diaryl/α,β-unsaturated/α-hetero) is 1. The summed E-state index contributed by atoms with van der Waals surface area (Å²) in [6, 6.07) is 17.4. The third-order valence-corrected chi connectivity index (χ3v) is 7.94. The maximum Gasteiger partial charge on any atom is 0.323 e. The standard InChI is InChI=1S/C33H30FN5O5S/c1-20(40)23-5-4-6-24(15-23)37-33(42)38-25-8-10-29(26(34)16-25)44-30-11-12-35-28-17-31(45-32(28)30)27-9-7-22(18-36-27)19-39(21(2)41)13-14-43-3/h4-12,15-18H,13-14,19H2,1-3H3,(H2,37,38,42). The van der Waals surface area contributed by atoms with E-state index in [2.05, 4.69) is 20.6 Å². The van der Waals surface area contributed by atoms with Crippen molar-refractivity contribution in [1.82, 2.24) is 14.9 Å². The highest BCUT2D eigenvalue weighted by molar-refractivity contribution is 7.22. The first-order valence-corrected chi connectivity index (χ1v) is 14.8. The first-order chi connectivity index (χ1) is 21.7. The zero-order valence-corrected chi connectivity index (χ0v) is 25.6. The van der Waals surface area contributed by atoms with Gasteiger partial charge in [-0.15, -0.1) is 11.3 Å². The number of carbonyl (C=O) groups is 3. The van der Waals surface area contributed by atoms with Gasteiger partial charge in [0.25, 0.3) is 0 Å². The normalized spacial score (nSPS) is 10.8. The third-order valence-electron chi connectivity index (χ3n) is 6.77. The van der Waals surface area contributed by atoms with Gasteiger partial charge in [0, 0.05) is 68.6 Å². The summed E-state index contributed by atoms with van der Waals surface area (Å²) < 4.78 is 26.8. The van der Waals surface area contributed by atoms with Crippen LogP contribution in [0.15, 0.2) is 79.1 Å². The average Bonchev–Trinajstić information content (AvgIpc) is 3.46. The highest BCUT2D eigenvalue weighted by atomic mass is 32.1. The topological polar surface area (TPSA) is 123 Å². The molecule has 0 radical (unpaired) electrons. The Hall–Kier alpha value is -5.20. The molecule has 5 rings (SSSR count). The number of hydrogen-bond acceptors (Lipinski definition) is 8. The maximum atomic E-state index is 15.1. The second-order valence-electron chi connectivity index (χ2n) is 10.1. The molecule has 0 saturated carbocycles. The lowest BCUT2D eigenvalue weighted by Crippen LogP contribution is -2.31. The number of nitrogens with zero attached hydrogens (tertiary/aromatic N) is 3.